The molecule has 0 spiro atoms. The van der Waals surface area contributed by atoms with E-state index in [-0.39, 0.29) is 5.75 Å². The summed E-state index contributed by atoms with van der Waals surface area (Å²) in [5.74, 6) is 0.285. The number of phenolic OH excluding ortho intramolecular Hbond substituents is 1. The molecule has 0 aliphatic heterocycles. The van der Waals surface area contributed by atoms with Crippen LogP contribution in [-0.2, 0) is 0 Å². The van der Waals surface area contributed by atoms with E-state index in [1.165, 1.54) is 5.57 Å². The van der Waals surface area contributed by atoms with E-state index >= 15 is 0 Å². The molecule has 3 aromatic rings. The maximum atomic E-state index is 9.37. The van der Waals surface area contributed by atoms with Crippen molar-refractivity contribution in [3.63, 3.8) is 0 Å². The zero-order chi connectivity index (χ0) is 15.4. The van der Waals surface area contributed by atoms with Gasteiger partial charge in [0.25, 0.3) is 0 Å². The van der Waals surface area contributed by atoms with Gasteiger partial charge >= 0.3 is 0 Å². The fraction of sp³-hybridized carbons (Fsp3) is 0.0500. The van der Waals surface area contributed by atoms with Crippen LogP contribution in [0.25, 0.3) is 16.7 Å². The Hall–Kier alpha value is -2.87. The van der Waals surface area contributed by atoms with Crippen LogP contribution in [0.4, 0.5) is 0 Å². The van der Waals surface area contributed by atoms with Crippen LogP contribution < -0.4 is 0 Å². The van der Waals surface area contributed by atoms with E-state index in [2.05, 4.69) is 41.4 Å². The Morgan fingerprint density at radius 2 is 1.50 bits per heavy atom. The first-order valence-electron chi connectivity index (χ1n) is 7.24. The standard InChI is InChI=1S/C20H17NO/c1-2-20(18-4-3-13-21-14-18)17-7-5-15(6-8-17)16-9-11-19(22)12-10-16/h2-14,22H,1H3/b20-2+. The molecule has 2 aromatic carbocycles. The molecule has 2 heteroatoms. The summed E-state index contributed by atoms with van der Waals surface area (Å²) in [6, 6.07) is 19.7. The number of allylic oxidation sites excluding steroid dienone is 1. The Morgan fingerprint density at radius 1 is 0.864 bits per heavy atom. The molecule has 0 saturated carbocycles. The van der Waals surface area contributed by atoms with E-state index in [1.54, 1.807) is 18.3 Å². The Bertz CT molecular complexity index is 772. The molecule has 1 aromatic heterocycles. The van der Waals surface area contributed by atoms with Crippen molar-refractivity contribution >= 4 is 5.57 Å². The quantitative estimate of drug-likeness (QED) is 0.742. The normalized spacial score (nSPS) is 11.4. The van der Waals surface area contributed by atoms with E-state index < -0.39 is 0 Å². The minimum absolute atomic E-state index is 0.285. The summed E-state index contributed by atoms with van der Waals surface area (Å²) in [5.41, 5.74) is 5.67. The molecule has 0 radical (unpaired) electrons. The molecule has 0 atom stereocenters. The summed E-state index contributed by atoms with van der Waals surface area (Å²) in [4.78, 5) is 4.19. The number of rotatable bonds is 3. The second-order valence-electron chi connectivity index (χ2n) is 5.07. The molecule has 0 fully saturated rings. The minimum Gasteiger partial charge on any atom is -0.508 e. The largest absolute Gasteiger partial charge is 0.508 e. The van der Waals surface area contributed by atoms with Gasteiger partial charge in [0.1, 0.15) is 5.75 Å². The van der Waals surface area contributed by atoms with Crippen LogP contribution in [0.2, 0.25) is 0 Å². The topological polar surface area (TPSA) is 33.1 Å². The third-order valence-electron chi connectivity index (χ3n) is 3.66. The van der Waals surface area contributed by atoms with Gasteiger partial charge in [0.15, 0.2) is 0 Å². The second kappa shape index (κ2) is 6.27. The third-order valence-corrected chi connectivity index (χ3v) is 3.66. The predicted octanol–water partition coefficient (Wildman–Crippen LogP) is 4.91. The van der Waals surface area contributed by atoms with Gasteiger partial charge in [-0.05, 0) is 47.4 Å². The van der Waals surface area contributed by atoms with Crippen LogP contribution in [0.1, 0.15) is 18.1 Å². The first kappa shape index (κ1) is 14.1. The molecule has 3 rings (SSSR count). The molecular weight excluding hydrogens is 270 g/mol. The van der Waals surface area contributed by atoms with E-state index in [0.717, 1.165) is 22.3 Å². The van der Waals surface area contributed by atoms with Crippen molar-refractivity contribution in [1.82, 2.24) is 4.98 Å². The number of aromatic nitrogens is 1. The van der Waals surface area contributed by atoms with E-state index in [0.29, 0.717) is 0 Å². The summed E-state index contributed by atoms with van der Waals surface area (Å²) in [7, 11) is 0. The number of benzene rings is 2. The van der Waals surface area contributed by atoms with Crippen molar-refractivity contribution in [2.45, 2.75) is 6.92 Å². The summed E-state index contributed by atoms with van der Waals surface area (Å²) in [5, 5.41) is 9.37. The molecule has 0 amide bonds. The molecule has 0 aliphatic carbocycles. The SMILES string of the molecule is C/C=C(\c1ccc(-c2ccc(O)cc2)cc1)c1cccnc1. The van der Waals surface area contributed by atoms with Crippen molar-refractivity contribution in [2.24, 2.45) is 0 Å². The molecule has 1 N–H and O–H groups in total. The highest BCUT2D eigenvalue weighted by atomic mass is 16.3. The predicted molar refractivity (Wildman–Crippen MR) is 90.5 cm³/mol. The van der Waals surface area contributed by atoms with Crippen LogP contribution in [0, 0.1) is 0 Å². The van der Waals surface area contributed by atoms with Gasteiger partial charge in [-0.25, -0.2) is 0 Å². The van der Waals surface area contributed by atoms with Crippen molar-refractivity contribution in [1.29, 1.82) is 0 Å². The lowest BCUT2D eigenvalue weighted by atomic mass is 9.96. The minimum atomic E-state index is 0.285. The van der Waals surface area contributed by atoms with E-state index in [1.807, 2.05) is 31.3 Å². The molecule has 0 saturated heterocycles. The smallest absolute Gasteiger partial charge is 0.115 e. The maximum Gasteiger partial charge on any atom is 0.115 e. The highest BCUT2D eigenvalue weighted by molar-refractivity contribution is 5.80. The van der Waals surface area contributed by atoms with Gasteiger partial charge in [0.2, 0.25) is 0 Å². The fourth-order valence-corrected chi connectivity index (χ4v) is 2.52. The average molecular weight is 287 g/mol. The van der Waals surface area contributed by atoms with Crippen molar-refractivity contribution in [3.05, 3.63) is 90.3 Å². The number of hydrogen-bond acceptors (Lipinski definition) is 2. The van der Waals surface area contributed by atoms with Gasteiger partial charge in [-0.15, -0.1) is 0 Å². The fourth-order valence-electron chi connectivity index (χ4n) is 2.52. The molecule has 1 heterocycles. The number of aromatic hydroxyl groups is 1. The highest BCUT2D eigenvalue weighted by Gasteiger charge is 2.05. The summed E-state index contributed by atoms with van der Waals surface area (Å²) in [6.07, 6.45) is 5.76. The first-order chi connectivity index (χ1) is 10.8. The number of nitrogens with zero attached hydrogens (tertiary/aromatic N) is 1. The van der Waals surface area contributed by atoms with Gasteiger partial charge in [0, 0.05) is 18.0 Å². The van der Waals surface area contributed by atoms with Crippen LogP contribution in [0.5, 0.6) is 5.75 Å². The second-order valence-corrected chi connectivity index (χ2v) is 5.07. The van der Waals surface area contributed by atoms with Gasteiger partial charge in [-0.3, -0.25) is 4.98 Å². The van der Waals surface area contributed by atoms with E-state index in [9.17, 15) is 5.11 Å². The third kappa shape index (κ3) is 2.91. The number of pyridine rings is 1. The first-order valence-corrected chi connectivity index (χ1v) is 7.24. The zero-order valence-electron chi connectivity index (χ0n) is 12.4. The van der Waals surface area contributed by atoms with Gasteiger partial charge in [-0.2, -0.15) is 0 Å². The molecule has 108 valence electrons. The Morgan fingerprint density at radius 3 is 2.05 bits per heavy atom. The Labute approximate surface area is 130 Å². The Balaban J connectivity index is 1.92. The lowest BCUT2D eigenvalue weighted by molar-refractivity contribution is 0.475. The summed E-state index contributed by atoms with van der Waals surface area (Å²) in [6.45, 7) is 2.04. The summed E-state index contributed by atoms with van der Waals surface area (Å²) >= 11 is 0. The zero-order valence-corrected chi connectivity index (χ0v) is 12.4. The molecule has 0 unspecified atom stereocenters. The number of hydrogen-bond donors (Lipinski definition) is 1. The molecular formula is C20H17NO. The van der Waals surface area contributed by atoms with Crippen molar-refractivity contribution in [2.75, 3.05) is 0 Å². The average Bonchev–Trinajstić information content (AvgIpc) is 2.58. The van der Waals surface area contributed by atoms with Crippen LogP contribution >= 0.6 is 0 Å². The summed E-state index contributed by atoms with van der Waals surface area (Å²) < 4.78 is 0. The van der Waals surface area contributed by atoms with Crippen molar-refractivity contribution < 1.29 is 5.11 Å². The lowest BCUT2D eigenvalue weighted by Gasteiger charge is -2.09. The van der Waals surface area contributed by atoms with Gasteiger partial charge in [0.05, 0.1) is 0 Å². The van der Waals surface area contributed by atoms with E-state index in [4.69, 9.17) is 0 Å². The van der Waals surface area contributed by atoms with Crippen LogP contribution in [0.3, 0.4) is 0 Å². The van der Waals surface area contributed by atoms with Gasteiger partial charge < -0.3 is 5.11 Å². The van der Waals surface area contributed by atoms with Crippen LogP contribution in [0.15, 0.2) is 79.1 Å². The Kier molecular flexibility index (Phi) is 4.01. The lowest BCUT2D eigenvalue weighted by Crippen LogP contribution is -1.89. The molecule has 22 heavy (non-hydrogen) atoms. The van der Waals surface area contributed by atoms with Gasteiger partial charge in [-0.1, -0.05) is 48.5 Å². The van der Waals surface area contributed by atoms with Crippen molar-refractivity contribution in [3.8, 4) is 16.9 Å². The number of phenols is 1. The molecule has 2 nitrogen and oxygen atoms in total. The molecule has 0 bridgehead atoms. The molecule has 0 aliphatic rings. The van der Waals surface area contributed by atoms with Crippen LogP contribution in [-0.4, -0.2) is 10.1 Å². The highest BCUT2D eigenvalue weighted by Crippen LogP contribution is 2.27. The monoisotopic (exact) mass is 287 g/mol. The maximum absolute atomic E-state index is 9.37.